The third kappa shape index (κ3) is 4.04. The molecule has 0 bridgehead atoms. The molecule has 0 saturated carbocycles. The molecule has 8 heteroatoms. The van der Waals surface area contributed by atoms with Gasteiger partial charge in [-0.05, 0) is 18.1 Å². The zero-order valence-electron chi connectivity index (χ0n) is 13.8. The van der Waals surface area contributed by atoms with Gasteiger partial charge in [0.05, 0.1) is 18.4 Å². The van der Waals surface area contributed by atoms with Crippen LogP contribution in [0.2, 0.25) is 0 Å². The van der Waals surface area contributed by atoms with Gasteiger partial charge in [0.25, 0.3) is 0 Å². The maximum absolute atomic E-state index is 4.41. The highest BCUT2D eigenvalue weighted by Crippen LogP contribution is 2.26. The van der Waals surface area contributed by atoms with Gasteiger partial charge in [-0.2, -0.15) is 10.2 Å². The van der Waals surface area contributed by atoms with Gasteiger partial charge in [0.2, 0.25) is 0 Å². The number of halogens is 1. The first-order valence-corrected chi connectivity index (χ1v) is 7.58. The molecule has 0 amide bonds. The van der Waals surface area contributed by atoms with E-state index >= 15 is 0 Å². The zero-order chi connectivity index (χ0) is 15.5. The summed E-state index contributed by atoms with van der Waals surface area (Å²) in [5.74, 6) is 1.48. The van der Waals surface area contributed by atoms with E-state index in [0.717, 1.165) is 37.7 Å². The molecule has 2 aromatic heterocycles. The van der Waals surface area contributed by atoms with Gasteiger partial charge in [-0.15, -0.1) is 24.0 Å². The standard InChI is InChI=1S/C15H23N7.HI/c1-16-15(17-9-14-4-6-18-21(14)3)22-7-5-12(11-22)13-8-19-20(2)10-13;/h4,6,8,10,12H,5,7,9,11H2,1-3H3,(H,16,17);1H. The summed E-state index contributed by atoms with van der Waals surface area (Å²) in [7, 11) is 5.75. The van der Waals surface area contributed by atoms with E-state index in [4.69, 9.17) is 0 Å². The van der Waals surface area contributed by atoms with Crippen LogP contribution in [0.15, 0.2) is 29.6 Å². The lowest BCUT2D eigenvalue weighted by Gasteiger charge is -2.21. The van der Waals surface area contributed by atoms with E-state index in [-0.39, 0.29) is 24.0 Å². The van der Waals surface area contributed by atoms with Crippen molar-refractivity contribution < 1.29 is 0 Å². The monoisotopic (exact) mass is 429 g/mol. The number of aryl methyl sites for hydroxylation is 2. The summed E-state index contributed by atoms with van der Waals surface area (Å²) in [6, 6.07) is 2.02. The Morgan fingerprint density at radius 3 is 2.83 bits per heavy atom. The van der Waals surface area contributed by atoms with Crippen LogP contribution in [-0.2, 0) is 20.6 Å². The molecule has 1 unspecified atom stereocenters. The van der Waals surface area contributed by atoms with Crippen molar-refractivity contribution in [3.05, 3.63) is 35.9 Å². The third-order valence-electron chi connectivity index (χ3n) is 4.25. The number of nitrogens with one attached hydrogen (secondary N) is 1. The summed E-state index contributed by atoms with van der Waals surface area (Å²) in [5.41, 5.74) is 2.45. The molecular weight excluding hydrogens is 405 g/mol. The van der Waals surface area contributed by atoms with Crippen LogP contribution in [0.5, 0.6) is 0 Å². The molecule has 1 N–H and O–H groups in total. The van der Waals surface area contributed by atoms with Gasteiger partial charge in [0.1, 0.15) is 0 Å². The average molecular weight is 429 g/mol. The smallest absolute Gasteiger partial charge is 0.193 e. The molecule has 1 atom stereocenters. The van der Waals surface area contributed by atoms with Gasteiger partial charge in [0, 0.05) is 52.5 Å². The Morgan fingerprint density at radius 2 is 2.22 bits per heavy atom. The Balaban J connectivity index is 0.00000192. The Hall–Kier alpha value is -1.58. The van der Waals surface area contributed by atoms with E-state index in [1.54, 1.807) is 0 Å². The molecule has 0 aromatic carbocycles. The van der Waals surface area contributed by atoms with Crippen molar-refractivity contribution in [2.24, 2.45) is 19.1 Å². The van der Waals surface area contributed by atoms with Crippen LogP contribution < -0.4 is 5.32 Å². The maximum Gasteiger partial charge on any atom is 0.193 e. The lowest BCUT2D eigenvalue weighted by atomic mass is 10.0. The lowest BCUT2D eigenvalue weighted by molar-refractivity contribution is 0.483. The minimum absolute atomic E-state index is 0. The minimum Gasteiger partial charge on any atom is -0.351 e. The van der Waals surface area contributed by atoms with E-state index in [0.29, 0.717) is 5.92 Å². The minimum atomic E-state index is 0. The predicted octanol–water partition coefficient (Wildman–Crippen LogP) is 1.34. The molecule has 0 aliphatic carbocycles. The van der Waals surface area contributed by atoms with Crippen LogP contribution in [0.3, 0.4) is 0 Å². The normalized spacial score (nSPS) is 18.1. The molecule has 3 heterocycles. The van der Waals surface area contributed by atoms with Gasteiger partial charge in [-0.25, -0.2) is 0 Å². The Morgan fingerprint density at radius 1 is 1.39 bits per heavy atom. The molecule has 126 valence electrons. The molecule has 23 heavy (non-hydrogen) atoms. The highest BCUT2D eigenvalue weighted by atomic mass is 127. The quantitative estimate of drug-likeness (QED) is 0.455. The summed E-state index contributed by atoms with van der Waals surface area (Å²) in [5, 5.41) is 11.9. The molecule has 0 spiro atoms. The fourth-order valence-electron chi connectivity index (χ4n) is 2.95. The fourth-order valence-corrected chi connectivity index (χ4v) is 2.95. The van der Waals surface area contributed by atoms with E-state index in [9.17, 15) is 0 Å². The number of aromatic nitrogens is 4. The summed E-state index contributed by atoms with van der Waals surface area (Å²) >= 11 is 0. The second-order valence-corrected chi connectivity index (χ2v) is 5.73. The van der Waals surface area contributed by atoms with Crippen LogP contribution in [-0.4, -0.2) is 50.6 Å². The van der Waals surface area contributed by atoms with Crippen molar-refractivity contribution in [1.29, 1.82) is 0 Å². The van der Waals surface area contributed by atoms with Gasteiger partial charge < -0.3 is 10.2 Å². The van der Waals surface area contributed by atoms with Gasteiger partial charge in [0.15, 0.2) is 5.96 Å². The van der Waals surface area contributed by atoms with Crippen molar-refractivity contribution in [1.82, 2.24) is 29.8 Å². The number of rotatable bonds is 3. The van der Waals surface area contributed by atoms with Crippen molar-refractivity contribution in [2.75, 3.05) is 20.1 Å². The number of aliphatic imine (C=N–C) groups is 1. The Labute approximate surface area is 153 Å². The van der Waals surface area contributed by atoms with Gasteiger partial charge in [-0.1, -0.05) is 0 Å². The third-order valence-corrected chi connectivity index (χ3v) is 4.25. The van der Waals surface area contributed by atoms with Crippen LogP contribution in [0.4, 0.5) is 0 Å². The molecular formula is C15H24IN7. The number of guanidine groups is 1. The first-order chi connectivity index (χ1) is 10.7. The predicted molar refractivity (Wildman–Crippen MR) is 101 cm³/mol. The maximum atomic E-state index is 4.41. The Bertz CT molecular complexity index is 660. The lowest BCUT2D eigenvalue weighted by Crippen LogP contribution is -2.39. The fraction of sp³-hybridized carbons (Fsp3) is 0.533. The number of nitrogens with zero attached hydrogens (tertiary/aromatic N) is 6. The number of hydrogen-bond donors (Lipinski definition) is 1. The molecule has 7 nitrogen and oxygen atoms in total. The van der Waals surface area contributed by atoms with E-state index in [2.05, 4.69) is 31.6 Å². The van der Waals surface area contributed by atoms with Crippen LogP contribution in [0.1, 0.15) is 23.6 Å². The van der Waals surface area contributed by atoms with E-state index in [1.807, 2.05) is 49.0 Å². The second kappa shape index (κ2) is 7.80. The van der Waals surface area contributed by atoms with Gasteiger partial charge >= 0.3 is 0 Å². The van der Waals surface area contributed by atoms with Crippen molar-refractivity contribution >= 4 is 29.9 Å². The topological polar surface area (TPSA) is 63.3 Å². The second-order valence-electron chi connectivity index (χ2n) is 5.73. The van der Waals surface area contributed by atoms with Crippen LogP contribution in [0.25, 0.3) is 0 Å². The number of likely N-dealkylation sites (tertiary alicyclic amines) is 1. The molecule has 3 rings (SSSR count). The molecule has 1 saturated heterocycles. The average Bonchev–Trinajstić information content (AvgIpc) is 3.22. The SMILES string of the molecule is CN=C(NCc1ccnn1C)N1CCC(c2cnn(C)c2)C1.I. The summed E-state index contributed by atoms with van der Waals surface area (Å²) in [6.07, 6.45) is 7.03. The first kappa shape index (κ1) is 17.8. The van der Waals surface area contributed by atoms with E-state index < -0.39 is 0 Å². The van der Waals surface area contributed by atoms with Crippen molar-refractivity contribution in [3.63, 3.8) is 0 Å². The largest absolute Gasteiger partial charge is 0.351 e. The van der Waals surface area contributed by atoms with Crippen LogP contribution >= 0.6 is 24.0 Å². The Kier molecular flexibility index (Phi) is 6.03. The summed E-state index contributed by atoms with van der Waals surface area (Å²) < 4.78 is 3.75. The first-order valence-electron chi connectivity index (χ1n) is 7.58. The van der Waals surface area contributed by atoms with Crippen molar-refractivity contribution in [3.8, 4) is 0 Å². The highest BCUT2D eigenvalue weighted by Gasteiger charge is 2.26. The molecule has 1 aliphatic rings. The molecule has 0 radical (unpaired) electrons. The number of hydrogen-bond acceptors (Lipinski definition) is 3. The van der Waals surface area contributed by atoms with Crippen molar-refractivity contribution in [2.45, 2.75) is 18.9 Å². The summed E-state index contributed by atoms with van der Waals surface area (Å²) in [6.45, 7) is 2.73. The van der Waals surface area contributed by atoms with Crippen LogP contribution in [0, 0.1) is 0 Å². The summed E-state index contributed by atoms with van der Waals surface area (Å²) in [4.78, 5) is 6.73. The van der Waals surface area contributed by atoms with Gasteiger partial charge in [-0.3, -0.25) is 14.4 Å². The zero-order valence-corrected chi connectivity index (χ0v) is 16.1. The molecule has 2 aromatic rings. The van der Waals surface area contributed by atoms with E-state index in [1.165, 1.54) is 5.56 Å². The highest BCUT2D eigenvalue weighted by molar-refractivity contribution is 14.0. The molecule has 1 aliphatic heterocycles. The molecule has 1 fully saturated rings.